The smallest absolute Gasteiger partial charge is 0.322 e. The zero-order valence-electron chi connectivity index (χ0n) is 15.3. The van der Waals surface area contributed by atoms with Crippen LogP contribution in [0.4, 0.5) is 10.5 Å². The molecule has 0 aliphatic carbocycles. The predicted molar refractivity (Wildman–Crippen MR) is 114 cm³/mol. The summed E-state index contributed by atoms with van der Waals surface area (Å²) in [5, 5.41) is 5.13. The molecule has 28 heavy (non-hydrogen) atoms. The third-order valence-electron chi connectivity index (χ3n) is 5.16. The van der Waals surface area contributed by atoms with Gasteiger partial charge >= 0.3 is 6.03 Å². The molecule has 0 bridgehead atoms. The number of carbonyl (C=O) groups is 1. The topological polar surface area (TPSA) is 61.0 Å². The van der Waals surface area contributed by atoms with Crippen LogP contribution in [0, 0.1) is 0 Å². The summed E-state index contributed by atoms with van der Waals surface area (Å²) in [6, 6.07) is 20.0. The number of para-hydroxylation sites is 2. The number of carbonyl (C=O) groups excluding carboxylic acids is 1. The molecule has 0 radical (unpaired) electrons. The monoisotopic (exact) mass is 388 g/mol. The molecule has 1 unspecified atom stereocenters. The summed E-state index contributed by atoms with van der Waals surface area (Å²) in [5.41, 5.74) is 3.87. The van der Waals surface area contributed by atoms with Gasteiger partial charge < -0.3 is 15.2 Å². The fourth-order valence-corrected chi connectivity index (χ4v) is 4.54. The van der Waals surface area contributed by atoms with Gasteiger partial charge in [-0.15, -0.1) is 11.3 Å². The fourth-order valence-electron chi connectivity index (χ4n) is 3.81. The van der Waals surface area contributed by atoms with Gasteiger partial charge in [0.05, 0.1) is 17.1 Å². The summed E-state index contributed by atoms with van der Waals surface area (Å²) in [5.74, 6) is 0.862. The van der Waals surface area contributed by atoms with E-state index in [0.29, 0.717) is 0 Å². The van der Waals surface area contributed by atoms with E-state index < -0.39 is 0 Å². The molecular formula is C22H20N4OS. The lowest BCUT2D eigenvalue weighted by Crippen LogP contribution is -2.34. The number of imidazole rings is 1. The average molecular weight is 388 g/mol. The Labute approximate surface area is 167 Å². The summed E-state index contributed by atoms with van der Waals surface area (Å²) in [4.78, 5) is 24.2. The number of amides is 2. The zero-order valence-corrected chi connectivity index (χ0v) is 16.1. The number of anilines is 1. The van der Waals surface area contributed by atoms with Crippen molar-refractivity contribution in [2.24, 2.45) is 0 Å². The number of fused-ring (bicyclic) bond motifs is 1. The molecule has 0 spiro atoms. The quantitative estimate of drug-likeness (QED) is 0.476. The number of rotatable bonds is 3. The number of benzene rings is 2. The Balaban J connectivity index is 1.36. The third-order valence-corrected chi connectivity index (χ3v) is 6.08. The van der Waals surface area contributed by atoms with Crippen molar-refractivity contribution in [1.82, 2.24) is 14.9 Å². The van der Waals surface area contributed by atoms with Crippen LogP contribution in [0.3, 0.4) is 0 Å². The standard InChI is InChI=1S/C22H20N4OS/c27-22(23-16-7-3-6-15(14-16)20-11-5-13-28-20)26-12-4-10-19(26)21-24-17-8-1-2-9-18(17)25-21/h1-3,5-9,11,13-14,19H,4,10,12H2,(H,23,27)(H,24,25). The first-order valence-electron chi connectivity index (χ1n) is 9.44. The number of H-pyrrole nitrogens is 1. The lowest BCUT2D eigenvalue weighted by molar-refractivity contribution is 0.205. The zero-order chi connectivity index (χ0) is 18.9. The van der Waals surface area contributed by atoms with E-state index in [4.69, 9.17) is 4.98 Å². The molecule has 1 aliphatic heterocycles. The van der Waals surface area contributed by atoms with Crippen LogP contribution in [-0.4, -0.2) is 27.4 Å². The van der Waals surface area contributed by atoms with Gasteiger partial charge in [0.1, 0.15) is 5.82 Å². The second-order valence-electron chi connectivity index (χ2n) is 6.98. The lowest BCUT2D eigenvalue weighted by Gasteiger charge is -2.23. The van der Waals surface area contributed by atoms with Gasteiger partial charge in [-0.05, 0) is 54.1 Å². The summed E-state index contributed by atoms with van der Waals surface area (Å²) in [6.45, 7) is 0.734. The maximum atomic E-state index is 13.0. The number of urea groups is 1. The second kappa shape index (κ2) is 7.13. The van der Waals surface area contributed by atoms with E-state index in [1.54, 1.807) is 11.3 Å². The second-order valence-corrected chi connectivity index (χ2v) is 7.93. The maximum absolute atomic E-state index is 13.0. The largest absolute Gasteiger partial charge is 0.340 e. The van der Waals surface area contributed by atoms with Gasteiger partial charge in [0.25, 0.3) is 0 Å². The minimum Gasteiger partial charge on any atom is -0.340 e. The molecule has 2 aromatic heterocycles. The van der Waals surface area contributed by atoms with Crippen molar-refractivity contribution in [3.8, 4) is 10.4 Å². The Hall–Kier alpha value is -3.12. The van der Waals surface area contributed by atoms with Crippen LogP contribution >= 0.6 is 11.3 Å². The van der Waals surface area contributed by atoms with Gasteiger partial charge in [-0.1, -0.05) is 30.3 Å². The number of thiophene rings is 1. The highest BCUT2D eigenvalue weighted by atomic mass is 32.1. The molecule has 1 saturated heterocycles. The molecule has 3 heterocycles. The van der Waals surface area contributed by atoms with Gasteiger partial charge in [-0.25, -0.2) is 9.78 Å². The first-order valence-corrected chi connectivity index (χ1v) is 10.3. The van der Waals surface area contributed by atoms with Crippen molar-refractivity contribution in [3.63, 3.8) is 0 Å². The van der Waals surface area contributed by atoms with Crippen LogP contribution in [0.5, 0.6) is 0 Å². The van der Waals surface area contributed by atoms with E-state index >= 15 is 0 Å². The summed E-state index contributed by atoms with van der Waals surface area (Å²) < 4.78 is 0. The minimum absolute atomic E-state index is 0.0205. The average Bonchev–Trinajstić information content (AvgIpc) is 3.48. The number of likely N-dealkylation sites (tertiary alicyclic amines) is 1. The van der Waals surface area contributed by atoms with Gasteiger partial charge in [-0.2, -0.15) is 0 Å². The van der Waals surface area contributed by atoms with E-state index in [2.05, 4.69) is 27.8 Å². The van der Waals surface area contributed by atoms with E-state index in [-0.39, 0.29) is 12.1 Å². The molecule has 0 saturated carbocycles. The van der Waals surface area contributed by atoms with Crippen molar-refractivity contribution >= 4 is 34.1 Å². The molecule has 140 valence electrons. The van der Waals surface area contributed by atoms with E-state index in [0.717, 1.165) is 47.5 Å². The van der Waals surface area contributed by atoms with Gasteiger partial charge in [0, 0.05) is 17.1 Å². The van der Waals surface area contributed by atoms with Crippen molar-refractivity contribution in [2.45, 2.75) is 18.9 Å². The minimum atomic E-state index is -0.0775. The molecule has 1 fully saturated rings. The van der Waals surface area contributed by atoms with E-state index in [1.165, 1.54) is 4.88 Å². The Bertz CT molecular complexity index is 1090. The van der Waals surface area contributed by atoms with Crippen LogP contribution in [0.1, 0.15) is 24.7 Å². The molecular weight excluding hydrogens is 368 g/mol. The number of hydrogen-bond acceptors (Lipinski definition) is 3. The Morgan fingerprint density at radius 3 is 2.93 bits per heavy atom. The van der Waals surface area contributed by atoms with Gasteiger partial charge in [-0.3, -0.25) is 0 Å². The van der Waals surface area contributed by atoms with Crippen molar-refractivity contribution in [2.75, 3.05) is 11.9 Å². The fraction of sp³-hybridized carbons (Fsp3) is 0.182. The predicted octanol–water partition coefficient (Wildman–Crippen LogP) is 5.66. The lowest BCUT2D eigenvalue weighted by atomic mass is 10.1. The van der Waals surface area contributed by atoms with E-state index in [9.17, 15) is 4.79 Å². The van der Waals surface area contributed by atoms with Crippen LogP contribution in [0.15, 0.2) is 66.0 Å². The first kappa shape index (κ1) is 17.0. The number of aromatic nitrogens is 2. The molecule has 4 aromatic rings. The Morgan fingerprint density at radius 2 is 2.07 bits per heavy atom. The Morgan fingerprint density at radius 1 is 1.14 bits per heavy atom. The maximum Gasteiger partial charge on any atom is 0.322 e. The highest BCUT2D eigenvalue weighted by Crippen LogP contribution is 2.32. The SMILES string of the molecule is O=C(Nc1cccc(-c2cccs2)c1)N1CCCC1c1nc2ccccc2[nH]1. The first-order chi connectivity index (χ1) is 13.8. The number of nitrogens with one attached hydrogen (secondary N) is 2. The third kappa shape index (κ3) is 3.16. The normalized spacial score (nSPS) is 16.6. The van der Waals surface area contributed by atoms with Gasteiger partial charge in [0.2, 0.25) is 0 Å². The molecule has 1 aliphatic rings. The summed E-state index contributed by atoms with van der Waals surface area (Å²) in [6.07, 6.45) is 1.90. The van der Waals surface area contributed by atoms with Crippen LogP contribution in [0.2, 0.25) is 0 Å². The number of nitrogens with zero attached hydrogens (tertiary/aromatic N) is 2. The highest BCUT2D eigenvalue weighted by molar-refractivity contribution is 7.13. The van der Waals surface area contributed by atoms with Crippen molar-refractivity contribution in [3.05, 3.63) is 71.9 Å². The summed E-state index contributed by atoms with van der Waals surface area (Å²) >= 11 is 1.69. The van der Waals surface area contributed by atoms with Crippen molar-refractivity contribution in [1.29, 1.82) is 0 Å². The molecule has 5 nitrogen and oxygen atoms in total. The van der Waals surface area contributed by atoms with Crippen LogP contribution in [0.25, 0.3) is 21.5 Å². The van der Waals surface area contributed by atoms with Crippen LogP contribution in [-0.2, 0) is 0 Å². The number of aromatic amines is 1. The van der Waals surface area contributed by atoms with Gasteiger partial charge in [0.15, 0.2) is 0 Å². The number of hydrogen-bond donors (Lipinski definition) is 2. The molecule has 1 atom stereocenters. The molecule has 6 heteroatoms. The summed E-state index contributed by atoms with van der Waals surface area (Å²) in [7, 11) is 0. The molecule has 2 N–H and O–H groups in total. The van der Waals surface area contributed by atoms with E-state index in [1.807, 2.05) is 53.4 Å². The Kier molecular flexibility index (Phi) is 4.33. The molecule has 2 aromatic carbocycles. The molecule has 2 amide bonds. The van der Waals surface area contributed by atoms with Crippen molar-refractivity contribution < 1.29 is 4.79 Å². The van der Waals surface area contributed by atoms with Crippen LogP contribution < -0.4 is 5.32 Å². The highest BCUT2D eigenvalue weighted by Gasteiger charge is 2.32. The molecule has 5 rings (SSSR count).